The first-order valence-electron chi connectivity index (χ1n) is 5.62. The van der Waals surface area contributed by atoms with E-state index in [0.29, 0.717) is 12.5 Å². The minimum absolute atomic E-state index is 0.704. The van der Waals surface area contributed by atoms with Gasteiger partial charge in [0.1, 0.15) is 0 Å². The van der Waals surface area contributed by atoms with Crippen LogP contribution in [0.25, 0.3) is 0 Å². The molecule has 0 aromatic rings. The van der Waals surface area contributed by atoms with Crippen LogP contribution in [0.15, 0.2) is 0 Å². The molecule has 1 aliphatic heterocycles. The quantitative estimate of drug-likeness (QED) is 0.650. The number of unbranched alkanes of at least 4 members (excludes halogenated alkanes) is 2. The molecule has 0 amide bonds. The predicted molar refractivity (Wildman–Crippen MR) is 58.0 cm³/mol. The molecule has 0 spiro atoms. The van der Waals surface area contributed by atoms with Gasteiger partial charge in [0, 0.05) is 19.0 Å². The number of nitrogens with one attached hydrogen (secondary N) is 1. The van der Waals surface area contributed by atoms with E-state index in [1.54, 1.807) is 0 Å². The van der Waals surface area contributed by atoms with E-state index in [0.717, 1.165) is 25.9 Å². The third kappa shape index (κ3) is 4.59. The van der Waals surface area contributed by atoms with Crippen LogP contribution in [0.5, 0.6) is 0 Å². The normalized spacial score (nSPS) is 21.4. The first kappa shape index (κ1) is 11.5. The van der Waals surface area contributed by atoms with Crippen molar-refractivity contribution in [2.24, 2.45) is 0 Å². The monoisotopic (exact) mass is 195 g/mol. The smallest absolute Gasteiger partial charge is 0.0621 e. The summed E-state index contributed by atoms with van der Waals surface area (Å²) in [5.74, 6) is 0. The van der Waals surface area contributed by atoms with Crippen molar-refractivity contribution < 1.29 is 0 Å². The Kier molecular flexibility index (Phi) is 5.58. The Bertz CT molecular complexity index is 179. The van der Waals surface area contributed by atoms with Crippen LogP contribution < -0.4 is 5.32 Å². The highest BCUT2D eigenvalue weighted by atomic mass is 15.1. The molecule has 1 heterocycles. The van der Waals surface area contributed by atoms with Crippen LogP contribution in [0.1, 0.15) is 32.1 Å². The van der Waals surface area contributed by atoms with Gasteiger partial charge in [-0.25, -0.2) is 0 Å². The van der Waals surface area contributed by atoms with Gasteiger partial charge in [-0.2, -0.15) is 5.26 Å². The number of likely N-dealkylation sites (N-methyl/N-ethyl adjacent to an activating group) is 1. The second kappa shape index (κ2) is 6.80. The largest absolute Gasteiger partial charge is 0.313 e. The van der Waals surface area contributed by atoms with E-state index in [-0.39, 0.29) is 0 Å². The molecule has 1 saturated heterocycles. The molecule has 0 bridgehead atoms. The fraction of sp³-hybridized carbons (Fsp3) is 0.909. The van der Waals surface area contributed by atoms with Gasteiger partial charge in [-0.15, -0.1) is 0 Å². The average molecular weight is 195 g/mol. The molecule has 0 aromatic heterocycles. The summed E-state index contributed by atoms with van der Waals surface area (Å²) < 4.78 is 0. The van der Waals surface area contributed by atoms with E-state index in [2.05, 4.69) is 23.3 Å². The summed E-state index contributed by atoms with van der Waals surface area (Å²) in [6, 6.07) is 2.89. The molecule has 0 aliphatic carbocycles. The third-order valence-electron chi connectivity index (χ3n) is 2.77. The Balaban J connectivity index is 1.98. The second-order valence-electron chi connectivity index (χ2n) is 4.17. The molecule has 0 radical (unpaired) electrons. The van der Waals surface area contributed by atoms with Crippen LogP contribution in [0.4, 0.5) is 0 Å². The first-order valence-corrected chi connectivity index (χ1v) is 5.62. The zero-order valence-corrected chi connectivity index (χ0v) is 9.13. The van der Waals surface area contributed by atoms with Gasteiger partial charge in [-0.05, 0) is 45.8 Å². The molecule has 1 fully saturated rings. The number of nitriles is 1. The second-order valence-corrected chi connectivity index (χ2v) is 4.17. The van der Waals surface area contributed by atoms with Gasteiger partial charge in [-0.1, -0.05) is 0 Å². The molecule has 80 valence electrons. The molecular weight excluding hydrogens is 174 g/mol. The molecule has 0 saturated carbocycles. The third-order valence-corrected chi connectivity index (χ3v) is 2.77. The average Bonchev–Trinajstić information content (AvgIpc) is 2.65. The van der Waals surface area contributed by atoms with Gasteiger partial charge >= 0.3 is 0 Å². The number of hydrogen-bond donors (Lipinski definition) is 1. The van der Waals surface area contributed by atoms with E-state index in [4.69, 9.17) is 5.26 Å². The lowest BCUT2D eigenvalue weighted by atomic mass is 10.2. The van der Waals surface area contributed by atoms with Crippen molar-refractivity contribution >= 4 is 0 Å². The fourth-order valence-electron chi connectivity index (χ4n) is 1.97. The van der Waals surface area contributed by atoms with Crippen LogP contribution in [-0.2, 0) is 0 Å². The molecule has 1 unspecified atom stereocenters. The fourth-order valence-corrected chi connectivity index (χ4v) is 1.97. The SMILES string of the molecule is CN(CCCCC#N)CC1CCCN1. The van der Waals surface area contributed by atoms with Crippen molar-refractivity contribution in [2.45, 2.75) is 38.1 Å². The highest BCUT2D eigenvalue weighted by molar-refractivity contribution is 4.77. The summed E-state index contributed by atoms with van der Waals surface area (Å²) in [5.41, 5.74) is 0. The van der Waals surface area contributed by atoms with Crippen LogP contribution in [-0.4, -0.2) is 37.6 Å². The first-order chi connectivity index (χ1) is 6.83. The van der Waals surface area contributed by atoms with Crippen molar-refractivity contribution in [1.82, 2.24) is 10.2 Å². The Labute approximate surface area is 87.1 Å². The van der Waals surface area contributed by atoms with Gasteiger partial charge in [0.25, 0.3) is 0 Å². The standard InChI is InChI=1S/C11H21N3/c1-14(9-4-2-3-7-12)10-11-6-5-8-13-11/h11,13H,2-6,8-10H2,1H3. The van der Waals surface area contributed by atoms with Crippen LogP contribution >= 0.6 is 0 Å². The van der Waals surface area contributed by atoms with E-state index < -0.39 is 0 Å². The Morgan fingerprint density at radius 1 is 1.50 bits per heavy atom. The van der Waals surface area contributed by atoms with Crippen molar-refractivity contribution in [2.75, 3.05) is 26.7 Å². The van der Waals surface area contributed by atoms with E-state index >= 15 is 0 Å². The molecule has 3 nitrogen and oxygen atoms in total. The van der Waals surface area contributed by atoms with Crippen molar-refractivity contribution in [3.05, 3.63) is 0 Å². The minimum atomic E-state index is 0.704. The molecular formula is C11H21N3. The van der Waals surface area contributed by atoms with Gasteiger partial charge in [0.15, 0.2) is 0 Å². The van der Waals surface area contributed by atoms with Gasteiger partial charge < -0.3 is 10.2 Å². The molecule has 1 aliphatic rings. The lowest BCUT2D eigenvalue weighted by molar-refractivity contribution is 0.295. The van der Waals surface area contributed by atoms with Gasteiger partial charge in [-0.3, -0.25) is 0 Å². The van der Waals surface area contributed by atoms with Crippen LogP contribution in [0, 0.1) is 11.3 Å². The molecule has 1 N–H and O–H groups in total. The highest BCUT2D eigenvalue weighted by Gasteiger charge is 2.15. The molecule has 3 heteroatoms. The summed E-state index contributed by atoms with van der Waals surface area (Å²) in [5, 5.41) is 11.9. The molecule has 1 rings (SSSR count). The lowest BCUT2D eigenvalue weighted by Crippen LogP contribution is -2.35. The summed E-state index contributed by atoms with van der Waals surface area (Å²) in [6.07, 6.45) is 5.54. The minimum Gasteiger partial charge on any atom is -0.313 e. The predicted octanol–water partition coefficient (Wildman–Crippen LogP) is 1.36. The van der Waals surface area contributed by atoms with Crippen molar-refractivity contribution in [3.63, 3.8) is 0 Å². The molecule has 1 atom stereocenters. The van der Waals surface area contributed by atoms with Gasteiger partial charge in [0.05, 0.1) is 6.07 Å². The Morgan fingerprint density at radius 2 is 2.36 bits per heavy atom. The Hall–Kier alpha value is -0.590. The zero-order chi connectivity index (χ0) is 10.2. The topological polar surface area (TPSA) is 39.1 Å². The molecule has 14 heavy (non-hydrogen) atoms. The highest BCUT2D eigenvalue weighted by Crippen LogP contribution is 2.06. The van der Waals surface area contributed by atoms with Crippen molar-refractivity contribution in [3.8, 4) is 6.07 Å². The van der Waals surface area contributed by atoms with E-state index in [9.17, 15) is 0 Å². The van der Waals surface area contributed by atoms with E-state index in [1.165, 1.54) is 19.4 Å². The summed E-state index contributed by atoms with van der Waals surface area (Å²) in [7, 11) is 2.17. The van der Waals surface area contributed by atoms with Crippen molar-refractivity contribution in [1.29, 1.82) is 5.26 Å². The number of nitrogens with zero attached hydrogens (tertiary/aromatic N) is 2. The summed E-state index contributed by atoms with van der Waals surface area (Å²) >= 11 is 0. The maximum absolute atomic E-state index is 8.39. The maximum Gasteiger partial charge on any atom is 0.0621 e. The van der Waals surface area contributed by atoms with E-state index in [1.807, 2.05) is 0 Å². The summed E-state index contributed by atoms with van der Waals surface area (Å²) in [4.78, 5) is 2.38. The zero-order valence-electron chi connectivity index (χ0n) is 9.13. The number of rotatable bonds is 6. The lowest BCUT2D eigenvalue weighted by Gasteiger charge is -2.20. The van der Waals surface area contributed by atoms with Gasteiger partial charge in [0.2, 0.25) is 0 Å². The number of hydrogen-bond acceptors (Lipinski definition) is 3. The Morgan fingerprint density at radius 3 is 3.00 bits per heavy atom. The van der Waals surface area contributed by atoms with Crippen LogP contribution in [0.2, 0.25) is 0 Å². The van der Waals surface area contributed by atoms with Crippen LogP contribution in [0.3, 0.4) is 0 Å². The maximum atomic E-state index is 8.39. The molecule has 0 aromatic carbocycles. The summed E-state index contributed by atoms with van der Waals surface area (Å²) in [6.45, 7) is 3.47.